The number of hydrogen-bond acceptors (Lipinski definition) is 4. The Bertz CT molecular complexity index is 636. The summed E-state index contributed by atoms with van der Waals surface area (Å²) in [5.74, 6) is -0.472. The zero-order valence-electron chi connectivity index (χ0n) is 13.9. The molecule has 24 heavy (non-hydrogen) atoms. The minimum Gasteiger partial charge on any atom is -0.490 e. The summed E-state index contributed by atoms with van der Waals surface area (Å²) in [6, 6.07) is 17.0. The Hall–Kier alpha value is -2.79. The van der Waals surface area contributed by atoms with E-state index in [-0.39, 0.29) is 5.76 Å². The number of benzene rings is 2. The van der Waals surface area contributed by atoms with Crippen LogP contribution in [0.3, 0.4) is 0 Å². The van der Waals surface area contributed by atoms with E-state index in [0.29, 0.717) is 6.61 Å². The van der Waals surface area contributed by atoms with Gasteiger partial charge in [-0.25, -0.2) is 4.79 Å². The highest BCUT2D eigenvalue weighted by atomic mass is 16.5. The molecule has 0 bridgehead atoms. The van der Waals surface area contributed by atoms with Gasteiger partial charge < -0.3 is 20.3 Å². The van der Waals surface area contributed by atoms with Crippen LogP contribution in [0.4, 0.5) is 0 Å². The molecule has 0 amide bonds. The maximum absolute atomic E-state index is 10.8. The summed E-state index contributed by atoms with van der Waals surface area (Å²) in [4.78, 5) is 10.8. The second-order valence-electron chi connectivity index (χ2n) is 4.77. The van der Waals surface area contributed by atoms with Crippen LogP contribution in [-0.4, -0.2) is 24.7 Å². The minimum atomic E-state index is -1.10. The zero-order valence-corrected chi connectivity index (χ0v) is 13.9. The van der Waals surface area contributed by atoms with E-state index < -0.39 is 5.97 Å². The third-order valence-corrected chi connectivity index (χ3v) is 2.86. The van der Waals surface area contributed by atoms with Crippen molar-refractivity contribution in [2.45, 2.75) is 13.5 Å². The second kappa shape index (κ2) is 10.9. The maximum Gasteiger partial charge on any atom is 0.371 e. The average Bonchev–Trinajstić information content (AvgIpc) is 2.60. The molecule has 0 aliphatic rings. The van der Waals surface area contributed by atoms with Gasteiger partial charge in [-0.3, -0.25) is 0 Å². The highest BCUT2D eigenvalue weighted by Crippen LogP contribution is 2.16. The Morgan fingerprint density at radius 3 is 2.21 bits per heavy atom. The summed E-state index contributed by atoms with van der Waals surface area (Å²) in [6.45, 7) is 3.15. The number of aliphatic carboxylic acids is 1. The number of methoxy groups -OCH3 is 1. The fourth-order valence-electron chi connectivity index (χ4n) is 1.76. The molecule has 0 radical (unpaired) electrons. The first-order valence-corrected chi connectivity index (χ1v) is 7.56. The van der Waals surface area contributed by atoms with E-state index in [9.17, 15) is 4.79 Å². The van der Waals surface area contributed by atoms with E-state index in [1.54, 1.807) is 24.3 Å². The molecule has 0 fully saturated rings. The lowest BCUT2D eigenvalue weighted by molar-refractivity contribution is -0.135. The largest absolute Gasteiger partial charge is 0.490 e. The van der Waals surface area contributed by atoms with Gasteiger partial charge in [-0.05, 0) is 35.9 Å². The quantitative estimate of drug-likeness (QED) is 0.628. The van der Waals surface area contributed by atoms with Crippen molar-refractivity contribution in [3.63, 3.8) is 0 Å². The first kappa shape index (κ1) is 19.3. The van der Waals surface area contributed by atoms with Gasteiger partial charge in [-0.2, -0.15) is 0 Å². The standard InChI is InChI=1S/C17H16O4.C2H7N/c1-20-16(17(18)19)11-13-7-9-15(10-8-13)21-12-14-5-3-2-4-6-14;1-2-3/h2-11H,12H2,1H3,(H,18,19);2-3H2,1H3. The number of ether oxygens (including phenoxy) is 2. The summed E-state index contributed by atoms with van der Waals surface area (Å²) in [5.41, 5.74) is 6.68. The number of nitrogens with two attached hydrogens (primary N) is 1. The molecule has 5 heteroatoms. The van der Waals surface area contributed by atoms with Crippen molar-refractivity contribution in [3.05, 3.63) is 71.5 Å². The summed E-state index contributed by atoms with van der Waals surface area (Å²) in [6.07, 6.45) is 1.46. The first-order valence-electron chi connectivity index (χ1n) is 7.56. The Kier molecular flexibility index (Phi) is 8.71. The van der Waals surface area contributed by atoms with E-state index in [4.69, 9.17) is 20.3 Å². The topological polar surface area (TPSA) is 81.8 Å². The zero-order chi connectivity index (χ0) is 17.8. The second-order valence-corrected chi connectivity index (χ2v) is 4.77. The van der Waals surface area contributed by atoms with Gasteiger partial charge in [0, 0.05) is 0 Å². The van der Waals surface area contributed by atoms with Gasteiger partial charge in [0.1, 0.15) is 12.4 Å². The van der Waals surface area contributed by atoms with Crippen molar-refractivity contribution in [3.8, 4) is 5.75 Å². The molecule has 0 aliphatic carbocycles. The number of carboxylic acid groups (broad SMARTS) is 1. The highest BCUT2D eigenvalue weighted by Gasteiger charge is 2.06. The van der Waals surface area contributed by atoms with E-state index in [1.165, 1.54) is 13.2 Å². The van der Waals surface area contributed by atoms with E-state index in [2.05, 4.69) is 0 Å². The monoisotopic (exact) mass is 329 g/mol. The lowest BCUT2D eigenvalue weighted by atomic mass is 10.2. The molecule has 128 valence electrons. The lowest BCUT2D eigenvalue weighted by Crippen LogP contribution is -2.01. The number of rotatable bonds is 6. The summed E-state index contributed by atoms with van der Waals surface area (Å²) in [5, 5.41) is 8.88. The molecule has 2 aromatic rings. The van der Waals surface area contributed by atoms with Crippen LogP contribution in [0.2, 0.25) is 0 Å². The van der Waals surface area contributed by atoms with Gasteiger partial charge in [0.2, 0.25) is 5.76 Å². The van der Waals surface area contributed by atoms with Crippen LogP contribution in [-0.2, 0) is 16.1 Å². The molecular formula is C19H23NO4. The van der Waals surface area contributed by atoms with Crippen molar-refractivity contribution in [1.29, 1.82) is 0 Å². The minimum absolute atomic E-state index is 0.104. The van der Waals surface area contributed by atoms with Gasteiger partial charge in [-0.1, -0.05) is 49.4 Å². The molecule has 2 aromatic carbocycles. The average molecular weight is 329 g/mol. The van der Waals surface area contributed by atoms with Gasteiger partial charge in [-0.15, -0.1) is 0 Å². The molecule has 2 rings (SSSR count). The molecule has 0 aliphatic heterocycles. The van der Waals surface area contributed by atoms with E-state index in [1.807, 2.05) is 37.3 Å². The predicted molar refractivity (Wildman–Crippen MR) is 94.6 cm³/mol. The first-order chi connectivity index (χ1) is 11.6. The van der Waals surface area contributed by atoms with Crippen LogP contribution < -0.4 is 10.5 Å². The molecule has 5 nitrogen and oxygen atoms in total. The third-order valence-electron chi connectivity index (χ3n) is 2.86. The summed E-state index contributed by atoms with van der Waals surface area (Å²) in [7, 11) is 1.33. The van der Waals surface area contributed by atoms with Crippen LogP contribution in [0.15, 0.2) is 60.4 Å². The fraction of sp³-hybridized carbons (Fsp3) is 0.211. The molecular weight excluding hydrogens is 306 g/mol. The van der Waals surface area contributed by atoms with Crippen LogP contribution >= 0.6 is 0 Å². The van der Waals surface area contributed by atoms with E-state index in [0.717, 1.165) is 23.4 Å². The van der Waals surface area contributed by atoms with Gasteiger partial charge in [0.25, 0.3) is 0 Å². The van der Waals surface area contributed by atoms with E-state index >= 15 is 0 Å². The number of hydrogen-bond donors (Lipinski definition) is 2. The molecule has 0 unspecified atom stereocenters. The van der Waals surface area contributed by atoms with Gasteiger partial charge in [0.05, 0.1) is 7.11 Å². The normalized spacial score (nSPS) is 10.4. The van der Waals surface area contributed by atoms with Crippen molar-refractivity contribution >= 4 is 12.0 Å². The van der Waals surface area contributed by atoms with Gasteiger partial charge >= 0.3 is 5.97 Å². The van der Waals surface area contributed by atoms with Crippen molar-refractivity contribution in [2.24, 2.45) is 5.73 Å². The predicted octanol–water partition coefficient (Wildman–Crippen LogP) is 3.30. The highest BCUT2D eigenvalue weighted by molar-refractivity contribution is 5.89. The Balaban J connectivity index is 0.000000891. The lowest BCUT2D eigenvalue weighted by Gasteiger charge is -2.06. The van der Waals surface area contributed by atoms with Crippen molar-refractivity contribution in [1.82, 2.24) is 0 Å². The van der Waals surface area contributed by atoms with Crippen LogP contribution in [0, 0.1) is 0 Å². The number of carboxylic acids is 1. The maximum atomic E-state index is 10.8. The summed E-state index contributed by atoms with van der Waals surface area (Å²) < 4.78 is 10.4. The Morgan fingerprint density at radius 1 is 1.12 bits per heavy atom. The molecule has 0 heterocycles. The van der Waals surface area contributed by atoms with Gasteiger partial charge in [0.15, 0.2) is 0 Å². The molecule has 0 saturated heterocycles. The Labute approximate surface area is 142 Å². The molecule has 0 saturated carbocycles. The molecule has 0 spiro atoms. The van der Waals surface area contributed by atoms with Crippen molar-refractivity contribution in [2.75, 3.05) is 13.7 Å². The van der Waals surface area contributed by atoms with Crippen molar-refractivity contribution < 1.29 is 19.4 Å². The number of carbonyl (C=O) groups is 1. The molecule has 0 atom stereocenters. The Morgan fingerprint density at radius 2 is 1.71 bits per heavy atom. The molecule has 3 N–H and O–H groups in total. The summed E-state index contributed by atoms with van der Waals surface area (Å²) >= 11 is 0. The third kappa shape index (κ3) is 6.98. The van der Waals surface area contributed by atoms with Crippen LogP contribution in [0.1, 0.15) is 18.1 Å². The smallest absolute Gasteiger partial charge is 0.371 e. The van der Waals surface area contributed by atoms with Crippen LogP contribution in [0.5, 0.6) is 5.75 Å². The SMILES string of the molecule is CCN.COC(=Cc1ccc(OCc2ccccc2)cc1)C(=O)O. The molecule has 0 aromatic heterocycles. The van der Waals surface area contributed by atoms with Crippen LogP contribution in [0.25, 0.3) is 6.08 Å². The fourth-order valence-corrected chi connectivity index (χ4v) is 1.76.